The van der Waals surface area contributed by atoms with Crippen LogP contribution >= 0.6 is 11.6 Å². The third kappa shape index (κ3) is 3.61. The second-order valence-electron chi connectivity index (χ2n) is 7.43. The summed E-state index contributed by atoms with van der Waals surface area (Å²) in [4.78, 5) is 31.8. The summed E-state index contributed by atoms with van der Waals surface area (Å²) in [5, 5.41) is 4.59. The van der Waals surface area contributed by atoms with Crippen molar-refractivity contribution in [3.05, 3.63) is 46.6 Å². The fraction of sp³-hybridized carbons (Fsp3) is 0.474. The summed E-state index contributed by atoms with van der Waals surface area (Å²) < 4.78 is 19.7. The Labute approximate surface area is 166 Å². The lowest BCUT2D eigenvalue weighted by Gasteiger charge is -2.38. The van der Waals surface area contributed by atoms with Crippen molar-refractivity contribution in [1.29, 1.82) is 0 Å². The number of halogens is 2. The second-order valence-corrected chi connectivity index (χ2v) is 7.87. The van der Waals surface area contributed by atoms with Gasteiger partial charge in [0, 0.05) is 24.4 Å². The summed E-state index contributed by atoms with van der Waals surface area (Å²) in [7, 11) is 0. The molecule has 4 rings (SSSR count). The van der Waals surface area contributed by atoms with Crippen LogP contribution in [-0.4, -0.2) is 50.1 Å². The zero-order valence-electron chi connectivity index (χ0n) is 15.4. The van der Waals surface area contributed by atoms with Crippen LogP contribution in [0.5, 0.6) is 0 Å². The Balaban J connectivity index is 1.39. The number of aryl methyl sites for hydroxylation is 2. The summed E-state index contributed by atoms with van der Waals surface area (Å²) in [6.07, 6.45) is 1.47. The van der Waals surface area contributed by atoms with Crippen LogP contribution in [0.1, 0.15) is 37.0 Å². The smallest absolute Gasteiger partial charge is 0.327 e. The quantitative estimate of drug-likeness (QED) is 0.762. The third-order valence-electron chi connectivity index (χ3n) is 5.41. The van der Waals surface area contributed by atoms with Crippen molar-refractivity contribution in [1.82, 2.24) is 19.9 Å². The predicted molar refractivity (Wildman–Crippen MR) is 98.3 cm³/mol. The molecule has 0 bridgehead atoms. The number of urea groups is 1. The summed E-state index contributed by atoms with van der Waals surface area (Å²) in [5.74, 6) is 0.267. The zero-order chi connectivity index (χ0) is 19.9. The van der Waals surface area contributed by atoms with Crippen molar-refractivity contribution in [3.63, 3.8) is 0 Å². The molecule has 3 amide bonds. The molecule has 0 radical (unpaired) electrons. The van der Waals surface area contributed by atoms with Gasteiger partial charge in [0.25, 0.3) is 0 Å². The van der Waals surface area contributed by atoms with E-state index < -0.39 is 23.6 Å². The number of carbonyl (C=O) groups excluding carboxylic acids is 2. The fourth-order valence-corrected chi connectivity index (χ4v) is 3.86. The molecule has 1 unspecified atom stereocenters. The number of amides is 3. The summed E-state index contributed by atoms with van der Waals surface area (Å²) in [5.41, 5.74) is -0.442. The molecule has 1 aromatic carbocycles. The average molecular weight is 407 g/mol. The Bertz CT molecular complexity index is 899. The number of carbonyl (C=O) groups is 2. The molecule has 1 aromatic heterocycles. The van der Waals surface area contributed by atoms with E-state index in [9.17, 15) is 14.0 Å². The lowest BCUT2D eigenvalue weighted by atomic mass is 9.95. The first kappa shape index (κ1) is 18.9. The highest BCUT2D eigenvalue weighted by Crippen LogP contribution is 2.37. The molecule has 0 aliphatic carbocycles. The van der Waals surface area contributed by atoms with Crippen LogP contribution in [0.15, 0.2) is 28.8 Å². The molecule has 148 valence electrons. The van der Waals surface area contributed by atoms with Crippen molar-refractivity contribution in [2.24, 2.45) is 0 Å². The van der Waals surface area contributed by atoms with Gasteiger partial charge >= 0.3 is 6.03 Å². The van der Waals surface area contributed by atoms with E-state index in [-0.39, 0.29) is 25.3 Å². The molecule has 0 saturated carbocycles. The number of imide groups is 1. The monoisotopic (exact) mass is 406 g/mol. The van der Waals surface area contributed by atoms with Gasteiger partial charge in [0.05, 0.1) is 12.5 Å². The Morgan fingerprint density at radius 1 is 1.29 bits per heavy atom. The molecule has 3 heterocycles. The number of aromatic nitrogens is 2. The third-order valence-corrected chi connectivity index (χ3v) is 5.66. The first-order chi connectivity index (χ1) is 13.3. The highest BCUT2D eigenvalue weighted by Gasteiger charge is 2.52. The molecule has 2 atom stereocenters. The minimum absolute atomic E-state index is 0.0314. The van der Waals surface area contributed by atoms with E-state index in [1.165, 1.54) is 11.8 Å². The molecule has 2 saturated heterocycles. The lowest BCUT2D eigenvalue weighted by Crippen LogP contribution is -2.57. The highest BCUT2D eigenvalue weighted by molar-refractivity contribution is 6.30. The molecule has 2 aliphatic heterocycles. The van der Waals surface area contributed by atoms with E-state index in [0.29, 0.717) is 30.2 Å². The van der Waals surface area contributed by atoms with E-state index in [2.05, 4.69) is 10.1 Å². The Kier molecular flexibility index (Phi) is 4.82. The maximum Gasteiger partial charge on any atom is 0.327 e. The molecule has 2 aromatic rings. The van der Waals surface area contributed by atoms with Gasteiger partial charge in [0.2, 0.25) is 11.8 Å². The molecule has 2 fully saturated rings. The van der Waals surface area contributed by atoms with Gasteiger partial charge in [-0.2, -0.15) is 4.98 Å². The van der Waals surface area contributed by atoms with Gasteiger partial charge in [-0.05, 0) is 31.0 Å². The molecule has 0 spiro atoms. The topological polar surface area (TPSA) is 79.5 Å². The Hall–Kier alpha value is -2.48. The lowest BCUT2D eigenvalue weighted by molar-refractivity contribution is -0.134. The summed E-state index contributed by atoms with van der Waals surface area (Å²) in [6, 6.07) is 6.31. The molecular weight excluding hydrogens is 387 g/mol. The average Bonchev–Trinajstić information content (AvgIpc) is 3.22. The zero-order valence-corrected chi connectivity index (χ0v) is 16.2. The van der Waals surface area contributed by atoms with Crippen LogP contribution < -0.4 is 0 Å². The molecule has 28 heavy (non-hydrogen) atoms. The van der Waals surface area contributed by atoms with E-state index in [0.717, 1.165) is 10.5 Å². The predicted octanol–water partition coefficient (Wildman–Crippen LogP) is 3.16. The van der Waals surface area contributed by atoms with Gasteiger partial charge in [-0.15, -0.1) is 0 Å². The number of alkyl halides is 1. The van der Waals surface area contributed by atoms with Crippen molar-refractivity contribution >= 4 is 23.5 Å². The van der Waals surface area contributed by atoms with Gasteiger partial charge in [0.1, 0.15) is 12.2 Å². The Morgan fingerprint density at radius 2 is 2.04 bits per heavy atom. The summed E-state index contributed by atoms with van der Waals surface area (Å²) in [6.45, 7) is 1.65. The van der Waals surface area contributed by atoms with Crippen LogP contribution in [0.25, 0.3) is 0 Å². The largest absolute Gasteiger partial charge is 0.337 e. The van der Waals surface area contributed by atoms with Crippen molar-refractivity contribution in [2.75, 3.05) is 6.54 Å². The number of rotatable bonds is 5. The van der Waals surface area contributed by atoms with E-state index >= 15 is 0 Å². The van der Waals surface area contributed by atoms with Crippen molar-refractivity contribution < 1.29 is 18.5 Å². The van der Waals surface area contributed by atoms with Gasteiger partial charge < -0.3 is 9.42 Å². The fourth-order valence-electron chi connectivity index (χ4n) is 3.73. The molecule has 9 heteroatoms. The van der Waals surface area contributed by atoms with Crippen LogP contribution in [0, 0.1) is 0 Å². The molecule has 0 N–H and O–H groups in total. The van der Waals surface area contributed by atoms with Gasteiger partial charge in [-0.25, -0.2) is 9.18 Å². The molecule has 2 aliphatic rings. The first-order valence-corrected chi connectivity index (χ1v) is 9.57. The number of fused-ring (bicyclic) bond motifs is 1. The van der Waals surface area contributed by atoms with Crippen LogP contribution in [0.4, 0.5) is 9.18 Å². The SMILES string of the molecule is CC1(F)CCN2C(=O)N(Cc3nc(CCc4ccc(Cl)cc4)no3)C(=O)C[C@@H]21. The van der Waals surface area contributed by atoms with Crippen LogP contribution in [0.2, 0.25) is 5.02 Å². The molecule has 7 nitrogen and oxygen atoms in total. The van der Waals surface area contributed by atoms with E-state index in [1.807, 2.05) is 24.3 Å². The standard InChI is InChI=1S/C19H20ClFN4O3/c1-19(21)8-9-24-14(19)10-17(26)25(18(24)27)11-16-22-15(23-28-16)7-4-12-2-5-13(20)6-3-12/h2-3,5-6,14H,4,7-11H2,1H3/t14-,19?/m1/s1. The van der Waals surface area contributed by atoms with Crippen LogP contribution in [-0.2, 0) is 24.2 Å². The number of hydrogen-bond acceptors (Lipinski definition) is 5. The minimum atomic E-state index is -1.53. The van der Waals surface area contributed by atoms with Crippen molar-refractivity contribution in [3.8, 4) is 0 Å². The number of benzene rings is 1. The van der Waals surface area contributed by atoms with Gasteiger partial charge in [-0.3, -0.25) is 9.69 Å². The number of nitrogens with zero attached hydrogens (tertiary/aromatic N) is 4. The maximum atomic E-state index is 14.5. The second kappa shape index (κ2) is 7.16. The van der Waals surface area contributed by atoms with Gasteiger partial charge in [-0.1, -0.05) is 28.9 Å². The highest BCUT2D eigenvalue weighted by atomic mass is 35.5. The molecular formula is C19H20ClFN4O3. The maximum absolute atomic E-state index is 14.5. The van der Waals surface area contributed by atoms with Crippen molar-refractivity contribution in [2.45, 2.75) is 50.9 Å². The van der Waals surface area contributed by atoms with E-state index in [4.69, 9.17) is 16.1 Å². The minimum Gasteiger partial charge on any atom is -0.337 e. The van der Waals surface area contributed by atoms with Crippen LogP contribution in [0.3, 0.4) is 0 Å². The van der Waals surface area contributed by atoms with E-state index in [1.54, 1.807) is 0 Å². The Morgan fingerprint density at radius 3 is 2.79 bits per heavy atom. The summed E-state index contributed by atoms with van der Waals surface area (Å²) >= 11 is 5.87. The van der Waals surface area contributed by atoms with Gasteiger partial charge in [0.15, 0.2) is 5.82 Å². The normalized spacial score (nSPS) is 24.8. The number of hydrogen-bond donors (Lipinski definition) is 0. The first-order valence-electron chi connectivity index (χ1n) is 9.19.